The number of aromatic nitrogens is 2. The number of aliphatic imine (C=N–C) groups is 1. The van der Waals surface area contributed by atoms with Crippen LogP contribution in [0.3, 0.4) is 0 Å². The third-order valence-electron chi connectivity index (χ3n) is 3.73. The van der Waals surface area contributed by atoms with Crippen molar-refractivity contribution in [3.63, 3.8) is 0 Å². The van der Waals surface area contributed by atoms with E-state index >= 15 is 0 Å². The molecule has 0 saturated carbocycles. The normalized spacial score (nSPS) is 13.9. The fourth-order valence-corrected chi connectivity index (χ4v) is 2.55. The molecule has 7 nitrogen and oxygen atoms in total. The number of hydrogen-bond acceptors (Lipinski definition) is 4. The zero-order valence-corrected chi connectivity index (χ0v) is 17.6. The van der Waals surface area contributed by atoms with Gasteiger partial charge in [-0.15, -0.1) is 24.0 Å². The van der Waals surface area contributed by atoms with Crippen LogP contribution in [0.15, 0.2) is 34.2 Å². The molecule has 0 aromatic carbocycles. The lowest BCUT2D eigenvalue weighted by Crippen LogP contribution is -2.40. The zero-order valence-electron chi connectivity index (χ0n) is 15.2. The predicted molar refractivity (Wildman–Crippen MR) is 109 cm³/mol. The van der Waals surface area contributed by atoms with E-state index < -0.39 is 5.60 Å². The molecule has 0 radical (unpaired) electrons. The summed E-state index contributed by atoms with van der Waals surface area (Å²) in [4.78, 5) is 8.52. The van der Waals surface area contributed by atoms with Gasteiger partial charge in [-0.3, -0.25) is 0 Å². The van der Waals surface area contributed by atoms with Crippen LogP contribution in [0, 0.1) is 13.8 Å². The highest BCUT2D eigenvalue weighted by Crippen LogP contribution is 2.27. The molecule has 3 N–H and O–H groups in total. The van der Waals surface area contributed by atoms with Gasteiger partial charge in [-0.25, -0.2) is 9.98 Å². The van der Waals surface area contributed by atoms with Gasteiger partial charge in [0.2, 0.25) is 0 Å². The standard InChI is InChI=1S/C17H27N5O2.HI/c1-5-19-16(20-7-9-22-8-6-18-12-22)21-11-17(4,23)15-10-13(2)24-14(15)3;/h6,8,10,12,23H,5,7,9,11H2,1-4H3,(H2,19,20,21);1H. The number of furan rings is 1. The van der Waals surface area contributed by atoms with Crippen molar-refractivity contribution in [2.75, 3.05) is 19.6 Å². The third-order valence-corrected chi connectivity index (χ3v) is 3.73. The fraction of sp³-hybridized carbons (Fsp3) is 0.529. The van der Waals surface area contributed by atoms with Gasteiger partial charge in [0.25, 0.3) is 0 Å². The molecule has 1 unspecified atom stereocenters. The van der Waals surface area contributed by atoms with Gasteiger partial charge in [0, 0.05) is 37.6 Å². The zero-order chi connectivity index (χ0) is 17.6. The van der Waals surface area contributed by atoms with Crippen molar-refractivity contribution in [1.82, 2.24) is 20.2 Å². The number of rotatable bonds is 7. The van der Waals surface area contributed by atoms with Gasteiger partial charge in [-0.1, -0.05) is 0 Å². The topological polar surface area (TPSA) is 87.6 Å². The van der Waals surface area contributed by atoms with Crippen LogP contribution < -0.4 is 10.6 Å². The molecule has 2 heterocycles. The van der Waals surface area contributed by atoms with Crippen LogP contribution in [0.4, 0.5) is 0 Å². The van der Waals surface area contributed by atoms with Crippen molar-refractivity contribution < 1.29 is 9.52 Å². The minimum atomic E-state index is -1.07. The van der Waals surface area contributed by atoms with E-state index in [-0.39, 0.29) is 30.5 Å². The second-order valence-corrected chi connectivity index (χ2v) is 6.02. The first-order valence-electron chi connectivity index (χ1n) is 8.20. The fourth-order valence-electron chi connectivity index (χ4n) is 2.55. The van der Waals surface area contributed by atoms with Gasteiger partial charge >= 0.3 is 0 Å². The molecule has 0 amide bonds. The molecule has 0 fully saturated rings. The van der Waals surface area contributed by atoms with Gasteiger partial charge in [-0.2, -0.15) is 0 Å². The monoisotopic (exact) mass is 461 g/mol. The number of hydrogen-bond donors (Lipinski definition) is 3. The number of nitrogens with one attached hydrogen (secondary N) is 2. The average Bonchev–Trinajstić information content (AvgIpc) is 3.14. The van der Waals surface area contributed by atoms with Gasteiger partial charge in [0.1, 0.15) is 17.1 Å². The van der Waals surface area contributed by atoms with Crippen molar-refractivity contribution in [1.29, 1.82) is 0 Å². The molecule has 140 valence electrons. The highest BCUT2D eigenvalue weighted by atomic mass is 127. The maximum atomic E-state index is 10.7. The average molecular weight is 461 g/mol. The number of aryl methyl sites for hydroxylation is 2. The second kappa shape index (κ2) is 9.81. The number of halogens is 1. The lowest BCUT2D eigenvalue weighted by atomic mass is 9.96. The number of nitrogens with zero attached hydrogens (tertiary/aromatic N) is 3. The molecule has 0 bridgehead atoms. The largest absolute Gasteiger partial charge is 0.466 e. The summed E-state index contributed by atoms with van der Waals surface area (Å²) in [5, 5.41) is 17.2. The number of guanidine groups is 1. The van der Waals surface area contributed by atoms with Crippen LogP contribution in [-0.4, -0.2) is 40.3 Å². The minimum absolute atomic E-state index is 0. The van der Waals surface area contributed by atoms with Gasteiger partial charge in [0.05, 0.1) is 12.9 Å². The first-order chi connectivity index (χ1) is 11.4. The quantitative estimate of drug-likeness (QED) is 0.334. The summed E-state index contributed by atoms with van der Waals surface area (Å²) in [5.41, 5.74) is -0.299. The van der Waals surface area contributed by atoms with Gasteiger partial charge < -0.3 is 24.7 Å². The van der Waals surface area contributed by atoms with E-state index in [0.717, 1.165) is 30.2 Å². The van der Waals surface area contributed by atoms with Crippen molar-refractivity contribution in [3.8, 4) is 0 Å². The molecule has 0 saturated heterocycles. The Morgan fingerprint density at radius 3 is 2.72 bits per heavy atom. The van der Waals surface area contributed by atoms with Crippen LogP contribution >= 0.6 is 24.0 Å². The molecule has 1 atom stereocenters. The summed E-state index contributed by atoms with van der Waals surface area (Å²) in [6.07, 6.45) is 5.45. The Morgan fingerprint density at radius 2 is 2.16 bits per heavy atom. The molecule has 0 aliphatic rings. The molecule has 2 aromatic rings. The molecule has 8 heteroatoms. The summed E-state index contributed by atoms with van der Waals surface area (Å²) in [7, 11) is 0. The van der Waals surface area contributed by atoms with Crippen LogP contribution in [0.1, 0.15) is 30.9 Å². The maximum absolute atomic E-state index is 10.7. The minimum Gasteiger partial charge on any atom is -0.466 e. The van der Waals surface area contributed by atoms with E-state index in [9.17, 15) is 5.11 Å². The third kappa shape index (κ3) is 6.35. The Labute approximate surface area is 166 Å². The molecular weight excluding hydrogens is 433 g/mol. The van der Waals surface area contributed by atoms with Crippen LogP contribution in [0.2, 0.25) is 0 Å². The van der Waals surface area contributed by atoms with Gasteiger partial charge in [-0.05, 0) is 33.8 Å². The van der Waals surface area contributed by atoms with E-state index in [0.29, 0.717) is 12.5 Å². The lowest BCUT2D eigenvalue weighted by Gasteiger charge is -2.21. The Balaban J connectivity index is 0.00000312. The van der Waals surface area contributed by atoms with Crippen molar-refractivity contribution in [3.05, 3.63) is 41.9 Å². The Morgan fingerprint density at radius 1 is 1.40 bits per heavy atom. The summed E-state index contributed by atoms with van der Waals surface area (Å²) in [5.74, 6) is 2.19. The molecule has 2 rings (SSSR count). The van der Waals surface area contributed by atoms with Crippen LogP contribution in [-0.2, 0) is 12.1 Å². The van der Waals surface area contributed by atoms with E-state index in [1.165, 1.54) is 0 Å². The van der Waals surface area contributed by atoms with E-state index in [1.54, 1.807) is 19.4 Å². The summed E-state index contributed by atoms with van der Waals surface area (Å²) < 4.78 is 7.50. The Kier molecular flexibility index (Phi) is 8.43. The van der Waals surface area contributed by atoms with Crippen molar-refractivity contribution in [2.45, 2.75) is 39.8 Å². The van der Waals surface area contributed by atoms with E-state index in [1.807, 2.05) is 37.6 Å². The van der Waals surface area contributed by atoms with Crippen molar-refractivity contribution >= 4 is 29.9 Å². The first-order valence-corrected chi connectivity index (χ1v) is 8.20. The molecule has 25 heavy (non-hydrogen) atoms. The molecule has 0 spiro atoms. The Hall–Kier alpha value is -1.55. The van der Waals surface area contributed by atoms with E-state index in [4.69, 9.17) is 4.42 Å². The predicted octanol–water partition coefficient (Wildman–Crippen LogP) is 2.17. The van der Waals surface area contributed by atoms with Crippen LogP contribution in [0.25, 0.3) is 0 Å². The Bertz CT molecular complexity index is 665. The van der Waals surface area contributed by atoms with Gasteiger partial charge in [0.15, 0.2) is 5.96 Å². The maximum Gasteiger partial charge on any atom is 0.191 e. The number of aliphatic hydroxyl groups is 1. The highest BCUT2D eigenvalue weighted by molar-refractivity contribution is 14.0. The highest BCUT2D eigenvalue weighted by Gasteiger charge is 2.27. The molecule has 0 aliphatic carbocycles. The number of imidazole rings is 1. The lowest BCUT2D eigenvalue weighted by molar-refractivity contribution is 0.0657. The molecule has 0 aliphatic heterocycles. The second-order valence-electron chi connectivity index (χ2n) is 6.02. The van der Waals surface area contributed by atoms with E-state index in [2.05, 4.69) is 20.6 Å². The summed E-state index contributed by atoms with van der Waals surface area (Å²) in [6.45, 7) is 10.00. The molecule has 2 aromatic heterocycles. The first kappa shape index (κ1) is 21.5. The SMILES string of the molecule is CCNC(=NCC(C)(O)c1cc(C)oc1C)NCCn1ccnc1.I. The summed E-state index contributed by atoms with van der Waals surface area (Å²) in [6, 6.07) is 1.87. The van der Waals surface area contributed by atoms with Crippen LogP contribution in [0.5, 0.6) is 0 Å². The smallest absolute Gasteiger partial charge is 0.191 e. The van der Waals surface area contributed by atoms with Crippen molar-refractivity contribution in [2.24, 2.45) is 4.99 Å². The summed E-state index contributed by atoms with van der Waals surface area (Å²) >= 11 is 0. The molecular formula is C17H28IN5O2.